The van der Waals surface area contributed by atoms with Crippen molar-refractivity contribution in [1.82, 2.24) is 14.9 Å². The normalized spacial score (nSPS) is 12.0. The average molecular weight is 413 g/mol. The number of benzene rings is 2. The zero-order chi connectivity index (χ0) is 21.7. The first-order valence-corrected chi connectivity index (χ1v) is 9.43. The Morgan fingerprint density at radius 3 is 2.73 bits per heavy atom. The Morgan fingerprint density at radius 1 is 1.27 bits per heavy atom. The van der Waals surface area contributed by atoms with Gasteiger partial charge in [-0.1, -0.05) is 12.1 Å². The van der Waals surface area contributed by atoms with Gasteiger partial charge in [0.15, 0.2) is 5.75 Å². The van der Waals surface area contributed by atoms with E-state index in [1.165, 1.54) is 18.5 Å². The third kappa shape index (κ3) is 5.12. The van der Waals surface area contributed by atoms with Crippen LogP contribution >= 0.6 is 0 Å². The van der Waals surface area contributed by atoms with Crippen molar-refractivity contribution in [2.24, 2.45) is 5.73 Å². The Hall–Kier alpha value is -3.46. The highest BCUT2D eigenvalue weighted by Crippen LogP contribution is 2.34. The minimum absolute atomic E-state index is 0.170. The summed E-state index contributed by atoms with van der Waals surface area (Å²) < 4.78 is 24.5. The fourth-order valence-corrected chi connectivity index (χ4v) is 3.15. The number of carbonyl (C=O) groups excluding carboxylic acids is 1. The number of anilines is 1. The second-order valence-electron chi connectivity index (χ2n) is 6.91. The second kappa shape index (κ2) is 9.36. The van der Waals surface area contributed by atoms with Crippen LogP contribution in [-0.2, 0) is 0 Å². The van der Waals surface area contributed by atoms with E-state index in [1.807, 2.05) is 32.0 Å². The maximum absolute atomic E-state index is 13.8. The number of halogens is 1. The molecule has 0 saturated carbocycles. The number of primary amides is 1. The molecule has 1 aromatic heterocycles. The highest BCUT2D eigenvalue weighted by molar-refractivity contribution is 5.95. The fraction of sp³-hybridized carbons (Fsp3) is 0.286. The summed E-state index contributed by atoms with van der Waals surface area (Å²) in [5, 5.41) is 3.94. The van der Waals surface area contributed by atoms with Crippen LogP contribution in [0.15, 0.2) is 42.7 Å². The molecule has 1 unspecified atom stereocenters. The first-order chi connectivity index (χ1) is 14.4. The topological polar surface area (TPSA) is 103 Å². The van der Waals surface area contributed by atoms with Crippen molar-refractivity contribution in [2.45, 2.75) is 13.0 Å². The number of aromatic nitrogens is 2. The molecule has 0 aliphatic heterocycles. The van der Waals surface area contributed by atoms with Crippen molar-refractivity contribution < 1.29 is 18.7 Å². The molecule has 3 rings (SSSR count). The van der Waals surface area contributed by atoms with Crippen molar-refractivity contribution in [1.29, 1.82) is 0 Å². The lowest BCUT2D eigenvalue weighted by molar-refractivity contribution is 0.211. The van der Waals surface area contributed by atoms with E-state index in [1.54, 1.807) is 18.2 Å². The smallest absolute Gasteiger partial charge is 0.410 e. The molecule has 0 aliphatic carbocycles. The predicted molar refractivity (Wildman–Crippen MR) is 112 cm³/mol. The third-order valence-electron chi connectivity index (χ3n) is 4.31. The van der Waals surface area contributed by atoms with Crippen LogP contribution in [0.4, 0.5) is 15.0 Å². The van der Waals surface area contributed by atoms with Crippen LogP contribution in [0.1, 0.15) is 18.5 Å². The van der Waals surface area contributed by atoms with Crippen LogP contribution in [-0.4, -0.2) is 48.2 Å². The molecule has 1 heterocycles. The Bertz CT molecular complexity index is 1040. The number of carbonyl (C=O) groups is 1. The van der Waals surface area contributed by atoms with Gasteiger partial charge in [0.05, 0.1) is 18.0 Å². The Morgan fingerprint density at radius 2 is 2.07 bits per heavy atom. The summed E-state index contributed by atoms with van der Waals surface area (Å²) in [5.41, 5.74) is 6.37. The molecular weight excluding hydrogens is 389 g/mol. The zero-order valence-corrected chi connectivity index (χ0v) is 17.1. The van der Waals surface area contributed by atoms with Crippen LogP contribution in [0.2, 0.25) is 0 Å². The van der Waals surface area contributed by atoms with Gasteiger partial charge in [-0.2, -0.15) is 0 Å². The summed E-state index contributed by atoms with van der Waals surface area (Å²) in [6, 6.07) is 9.45. The second-order valence-corrected chi connectivity index (χ2v) is 6.91. The van der Waals surface area contributed by atoms with Gasteiger partial charge >= 0.3 is 6.09 Å². The van der Waals surface area contributed by atoms with Gasteiger partial charge in [0, 0.05) is 12.6 Å². The third-order valence-corrected chi connectivity index (χ3v) is 4.31. The molecule has 158 valence electrons. The lowest BCUT2D eigenvalue weighted by atomic mass is 10.1. The van der Waals surface area contributed by atoms with Crippen molar-refractivity contribution >= 4 is 22.8 Å². The van der Waals surface area contributed by atoms with Gasteiger partial charge in [-0.15, -0.1) is 0 Å². The molecule has 30 heavy (non-hydrogen) atoms. The number of likely N-dealkylation sites (N-methyl/N-ethyl adjacent to an activating group) is 1. The first-order valence-electron chi connectivity index (χ1n) is 9.43. The predicted octanol–water partition coefficient (Wildman–Crippen LogP) is 3.34. The summed E-state index contributed by atoms with van der Waals surface area (Å²) in [6.07, 6.45) is 0.403. The molecule has 0 bridgehead atoms. The lowest BCUT2D eigenvalue weighted by Gasteiger charge is -2.24. The summed E-state index contributed by atoms with van der Waals surface area (Å²) in [5.74, 6) is 0.825. The van der Waals surface area contributed by atoms with Gasteiger partial charge in [0.25, 0.3) is 0 Å². The maximum atomic E-state index is 13.8. The zero-order valence-electron chi connectivity index (χ0n) is 17.1. The number of nitrogens with one attached hydrogen (secondary N) is 1. The number of hydrogen-bond acceptors (Lipinski definition) is 7. The SMILES string of the molecule is CCOc1cc(OC(N)=O)c2ncnc(NC(CN(C)C)c3cccc(F)c3)c2c1. The van der Waals surface area contributed by atoms with Gasteiger partial charge in [-0.25, -0.2) is 19.2 Å². The van der Waals surface area contributed by atoms with E-state index in [0.29, 0.717) is 35.6 Å². The van der Waals surface area contributed by atoms with E-state index < -0.39 is 6.09 Å². The summed E-state index contributed by atoms with van der Waals surface area (Å²) >= 11 is 0. The molecule has 1 amide bonds. The number of ether oxygens (including phenoxy) is 2. The fourth-order valence-electron chi connectivity index (χ4n) is 3.15. The van der Waals surface area contributed by atoms with E-state index in [2.05, 4.69) is 15.3 Å². The van der Waals surface area contributed by atoms with Crippen molar-refractivity contribution in [3.05, 3.63) is 54.1 Å². The molecule has 1 atom stereocenters. The van der Waals surface area contributed by atoms with E-state index in [0.717, 1.165) is 5.56 Å². The minimum atomic E-state index is -0.955. The van der Waals surface area contributed by atoms with Gasteiger partial charge in [-0.05, 0) is 44.8 Å². The molecule has 0 radical (unpaired) electrons. The quantitative estimate of drug-likeness (QED) is 0.584. The van der Waals surface area contributed by atoms with Gasteiger partial charge in [0.2, 0.25) is 0 Å². The Kier molecular flexibility index (Phi) is 6.63. The Balaban J connectivity index is 2.08. The monoisotopic (exact) mass is 413 g/mol. The molecule has 3 aromatic rings. The number of rotatable bonds is 8. The number of nitrogens with zero attached hydrogens (tertiary/aromatic N) is 3. The standard InChI is InChI=1S/C21H24FN5O3/c1-4-29-15-9-16-19(18(10-15)30-21(23)28)24-12-25-20(16)26-17(11-27(2)3)13-6-5-7-14(22)8-13/h5-10,12,17H,4,11H2,1-3H3,(H2,23,28)(H,24,25,26). The lowest BCUT2D eigenvalue weighted by Crippen LogP contribution is -2.26. The summed E-state index contributed by atoms with van der Waals surface area (Å²) in [4.78, 5) is 21.9. The number of fused-ring (bicyclic) bond motifs is 1. The maximum Gasteiger partial charge on any atom is 0.410 e. The van der Waals surface area contributed by atoms with E-state index in [4.69, 9.17) is 15.2 Å². The van der Waals surface area contributed by atoms with Crippen molar-refractivity contribution in [2.75, 3.05) is 32.6 Å². The average Bonchev–Trinajstić information content (AvgIpc) is 2.67. The van der Waals surface area contributed by atoms with Gasteiger partial charge in [-0.3, -0.25) is 0 Å². The highest BCUT2D eigenvalue weighted by Gasteiger charge is 2.18. The molecule has 9 heteroatoms. The molecule has 3 N–H and O–H groups in total. The molecule has 0 fully saturated rings. The molecule has 0 aliphatic rings. The van der Waals surface area contributed by atoms with Crippen LogP contribution in [0.25, 0.3) is 10.9 Å². The van der Waals surface area contributed by atoms with Crippen molar-refractivity contribution in [3.8, 4) is 11.5 Å². The van der Waals surface area contributed by atoms with Gasteiger partial charge in [0.1, 0.15) is 29.2 Å². The Labute approximate surface area is 173 Å². The van der Waals surface area contributed by atoms with Crippen LogP contribution in [0.5, 0.6) is 11.5 Å². The number of amides is 1. The summed E-state index contributed by atoms with van der Waals surface area (Å²) in [6.45, 7) is 2.85. The molecular formula is C21H24FN5O3. The molecule has 2 aromatic carbocycles. The minimum Gasteiger partial charge on any atom is -0.494 e. The first kappa shape index (κ1) is 21.3. The van der Waals surface area contributed by atoms with E-state index in [-0.39, 0.29) is 17.6 Å². The van der Waals surface area contributed by atoms with E-state index in [9.17, 15) is 9.18 Å². The summed E-state index contributed by atoms with van der Waals surface area (Å²) in [7, 11) is 3.86. The number of hydrogen-bond donors (Lipinski definition) is 2. The van der Waals surface area contributed by atoms with E-state index >= 15 is 0 Å². The molecule has 0 saturated heterocycles. The largest absolute Gasteiger partial charge is 0.494 e. The van der Waals surface area contributed by atoms with Crippen LogP contribution in [0, 0.1) is 5.82 Å². The number of nitrogens with two attached hydrogens (primary N) is 1. The van der Waals surface area contributed by atoms with Gasteiger partial charge < -0.3 is 25.4 Å². The molecule has 0 spiro atoms. The highest BCUT2D eigenvalue weighted by atomic mass is 19.1. The van der Waals surface area contributed by atoms with Crippen LogP contribution < -0.4 is 20.5 Å². The molecule has 8 nitrogen and oxygen atoms in total. The van der Waals surface area contributed by atoms with Crippen molar-refractivity contribution in [3.63, 3.8) is 0 Å². The van der Waals surface area contributed by atoms with Crippen LogP contribution in [0.3, 0.4) is 0 Å².